The molecule has 3 nitrogen and oxygen atoms in total. The molecule has 1 unspecified atom stereocenters. The lowest BCUT2D eigenvalue weighted by Gasteiger charge is -2.21. The van der Waals surface area contributed by atoms with Crippen molar-refractivity contribution in [2.45, 2.75) is 39.2 Å². The Bertz CT molecular complexity index is 306. The maximum atomic E-state index is 9.09. The van der Waals surface area contributed by atoms with Crippen LogP contribution < -0.4 is 0 Å². The fraction of sp³-hybridized carbons (Fsp3) is 0.727. The fourth-order valence-electron chi connectivity index (χ4n) is 2.10. The van der Waals surface area contributed by atoms with Crippen LogP contribution in [0.25, 0.3) is 0 Å². The molecule has 0 bridgehead atoms. The Morgan fingerprint density at radius 2 is 2.50 bits per heavy atom. The molecular formula is C11H18N2O. The summed E-state index contributed by atoms with van der Waals surface area (Å²) in [4.78, 5) is 4.59. The predicted octanol–water partition coefficient (Wildman–Crippen LogP) is 1.39. The SMILES string of the molecule is CCCc1cn2c(n1)CCC(CO)C2. The van der Waals surface area contributed by atoms with E-state index in [1.807, 2.05) is 0 Å². The Morgan fingerprint density at radius 3 is 3.21 bits per heavy atom. The van der Waals surface area contributed by atoms with Gasteiger partial charge < -0.3 is 9.67 Å². The largest absolute Gasteiger partial charge is 0.396 e. The van der Waals surface area contributed by atoms with Crippen LogP contribution in [-0.2, 0) is 19.4 Å². The summed E-state index contributed by atoms with van der Waals surface area (Å²) in [5.41, 5.74) is 1.21. The van der Waals surface area contributed by atoms with E-state index in [0.29, 0.717) is 12.5 Å². The molecule has 0 saturated carbocycles. The summed E-state index contributed by atoms with van der Waals surface area (Å²) in [6.07, 6.45) is 6.48. The standard InChI is InChI=1S/C11H18N2O/c1-2-3-10-7-13-6-9(8-14)4-5-11(13)12-10/h7,9,14H,2-6,8H2,1H3. The zero-order valence-corrected chi connectivity index (χ0v) is 8.74. The summed E-state index contributed by atoms with van der Waals surface area (Å²) in [6, 6.07) is 0. The van der Waals surface area contributed by atoms with Crippen LogP contribution in [0.4, 0.5) is 0 Å². The van der Waals surface area contributed by atoms with Gasteiger partial charge >= 0.3 is 0 Å². The molecule has 78 valence electrons. The number of aliphatic hydroxyl groups is 1. The third-order valence-electron chi connectivity index (χ3n) is 2.90. The topological polar surface area (TPSA) is 38.0 Å². The van der Waals surface area contributed by atoms with Crippen molar-refractivity contribution in [3.8, 4) is 0 Å². The molecule has 1 aromatic heterocycles. The van der Waals surface area contributed by atoms with Crippen LogP contribution in [0.15, 0.2) is 6.20 Å². The second-order valence-corrected chi connectivity index (χ2v) is 4.14. The number of aliphatic hydroxyl groups excluding tert-OH is 1. The molecule has 1 aliphatic heterocycles. The van der Waals surface area contributed by atoms with E-state index in [4.69, 9.17) is 5.11 Å². The molecule has 1 atom stereocenters. The van der Waals surface area contributed by atoms with Crippen LogP contribution in [0.1, 0.15) is 31.3 Å². The van der Waals surface area contributed by atoms with Crippen molar-refractivity contribution in [2.75, 3.05) is 6.61 Å². The van der Waals surface area contributed by atoms with Crippen LogP contribution in [0.2, 0.25) is 0 Å². The second kappa shape index (κ2) is 4.13. The van der Waals surface area contributed by atoms with E-state index in [0.717, 1.165) is 32.2 Å². The van der Waals surface area contributed by atoms with Crippen molar-refractivity contribution in [1.29, 1.82) is 0 Å². The third-order valence-corrected chi connectivity index (χ3v) is 2.90. The van der Waals surface area contributed by atoms with E-state index in [9.17, 15) is 0 Å². The molecule has 1 aliphatic rings. The predicted molar refractivity (Wildman–Crippen MR) is 55.1 cm³/mol. The van der Waals surface area contributed by atoms with Crippen LogP contribution in [0, 0.1) is 5.92 Å². The van der Waals surface area contributed by atoms with Crippen molar-refractivity contribution in [3.05, 3.63) is 17.7 Å². The monoisotopic (exact) mass is 194 g/mol. The van der Waals surface area contributed by atoms with Crippen molar-refractivity contribution in [1.82, 2.24) is 9.55 Å². The molecule has 0 saturated heterocycles. The van der Waals surface area contributed by atoms with E-state index in [2.05, 4.69) is 22.7 Å². The lowest BCUT2D eigenvalue weighted by Crippen LogP contribution is -2.22. The number of hydrogen-bond donors (Lipinski definition) is 1. The Kier molecular flexibility index (Phi) is 2.87. The van der Waals surface area contributed by atoms with Gasteiger partial charge in [-0.15, -0.1) is 0 Å². The van der Waals surface area contributed by atoms with Gasteiger partial charge in [0.2, 0.25) is 0 Å². The quantitative estimate of drug-likeness (QED) is 0.789. The minimum atomic E-state index is 0.306. The average Bonchev–Trinajstić information content (AvgIpc) is 2.59. The van der Waals surface area contributed by atoms with Crippen LogP contribution in [-0.4, -0.2) is 21.3 Å². The van der Waals surface area contributed by atoms with E-state index in [1.54, 1.807) is 0 Å². The van der Waals surface area contributed by atoms with Crippen molar-refractivity contribution < 1.29 is 5.11 Å². The van der Waals surface area contributed by atoms with E-state index < -0.39 is 0 Å². The van der Waals surface area contributed by atoms with Crippen molar-refractivity contribution in [3.63, 3.8) is 0 Å². The highest BCUT2D eigenvalue weighted by Crippen LogP contribution is 2.19. The summed E-state index contributed by atoms with van der Waals surface area (Å²) in [5.74, 6) is 1.64. The van der Waals surface area contributed by atoms with Gasteiger partial charge in [0.15, 0.2) is 0 Å². The van der Waals surface area contributed by atoms with E-state index in [-0.39, 0.29) is 0 Å². The van der Waals surface area contributed by atoms with Crippen LogP contribution >= 0.6 is 0 Å². The zero-order valence-electron chi connectivity index (χ0n) is 8.74. The van der Waals surface area contributed by atoms with E-state index in [1.165, 1.54) is 11.5 Å². The van der Waals surface area contributed by atoms with Gasteiger partial charge in [-0.05, 0) is 12.8 Å². The maximum absolute atomic E-state index is 9.09. The van der Waals surface area contributed by atoms with Gasteiger partial charge in [-0.2, -0.15) is 0 Å². The highest BCUT2D eigenvalue weighted by Gasteiger charge is 2.19. The van der Waals surface area contributed by atoms with Gasteiger partial charge in [0.05, 0.1) is 5.69 Å². The number of aryl methyl sites for hydroxylation is 2. The highest BCUT2D eigenvalue weighted by atomic mass is 16.3. The Balaban J connectivity index is 2.12. The summed E-state index contributed by atoms with van der Waals surface area (Å²) >= 11 is 0. The number of fused-ring (bicyclic) bond motifs is 1. The molecule has 14 heavy (non-hydrogen) atoms. The van der Waals surface area contributed by atoms with Crippen molar-refractivity contribution in [2.24, 2.45) is 5.92 Å². The molecule has 1 N–H and O–H groups in total. The molecule has 2 heterocycles. The summed E-state index contributed by atoms with van der Waals surface area (Å²) in [5, 5.41) is 9.09. The Hall–Kier alpha value is -0.830. The molecule has 0 amide bonds. The first-order chi connectivity index (χ1) is 6.83. The smallest absolute Gasteiger partial charge is 0.108 e. The van der Waals surface area contributed by atoms with Crippen LogP contribution in [0.3, 0.4) is 0 Å². The number of nitrogens with zero attached hydrogens (tertiary/aromatic N) is 2. The van der Waals surface area contributed by atoms with Gasteiger partial charge in [0, 0.05) is 31.7 Å². The molecule has 0 aromatic carbocycles. The number of hydrogen-bond acceptors (Lipinski definition) is 2. The molecule has 0 aliphatic carbocycles. The normalized spacial score (nSPS) is 20.9. The number of imidazole rings is 1. The van der Waals surface area contributed by atoms with Gasteiger partial charge in [0.1, 0.15) is 5.82 Å². The summed E-state index contributed by atoms with van der Waals surface area (Å²) in [7, 11) is 0. The molecule has 3 heteroatoms. The minimum absolute atomic E-state index is 0.306. The Labute approximate surface area is 84.8 Å². The van der Waals surface area contributed by atoms with Gasteiger partial charge in [-0.3, -0.25) is 0 Å². The fourth-order valence-corrected chi connectivity index (χ4v) is 2.10. The first-order valence-corrected chi connectivity index (χ1v) is 5.49. The molecular weight excluding hydrogens is 176 g/mol. The Morgan fingerprint density at radius 1 is 1.64 bits per heavy atom. The molecule has 2 rings (SSSR count). The highest BCUT2D eigenvalue weighted by molar-refractivity contribution is 5.06. The third kappa shape index (κ3) is 1.82. The van der Waals surface area contributed by atoms with Gasteiger partial charge in [-0.25, -0.2) is 4.98 Å². The number of rotatable bonds is 3. The van der Waals surface area contributed by atoms with Crippen LogP contribution in [0.5, 0.6) is 0 Å². The first-order valence-electron chi connectivity index (χ1n) is 5.49. The molecule has 0 fully saturated rings. The number of aromatic nitrogens is 2. The van der Waals surface area contributed by atoms with Gasteiger partial charge in [-0.1, -0.05) is 13.3 Å². The lowest BCUT2D eigenvalue weighted by molar-refractivity contribution is 0.190. The average molecular weight is 194 g/mol. The molecule has 0 spiro atoms. The first kappa shape index (κ1) is 9.71. The van der Waals surface area contributed by atoms with Crippen molar-refractivity contribution >= 4 is 0 Å². The zero-order chi connectivity index (χ0) is 9.97. The summed E-state index contributed by atoms with van der Waals surface area (Å²) in [6.45, 7) is 3.43. The minimum Gasteiger partial charge on any atom is -0.396 e. The lowest BCUT2D eigenvalue weighted by atomic mass is 10.0. The maximum Gasteiger partial charge on any atom is 0.108 e. The van der Waals surface area contributed by atoms with Gasteiger partial charge in [0.25, 0.3) is 0 Å². The second-order valence-electron chi connectivity index (χ2n) is 4.14. The molecule has 0 radical (unpaired) electrons. The molecule has 1 aromatic rings. The van der Waals surface area contributed by atoms with E-state index >= 15 is 0 Å². The summed E-state index contributed by atoms with van der Waals surface area (Å²) < 4.78 is 2.22.